The molecule has 0 unspecified atom stereocenters. The summed E-state index contributed by atoms with van der Waals surface area (Å²) in [4.78, 5) is 0. The van der Waals surface area contributed by atoms with E-state index in [9.17, 15) is 0 Å². The Balaban J connectivity index is 2.78. The highest BCUT2D eigenvalue weighted by Gasteiger charge is 2.06. The van der Waals surface area contributed by atoms with Gasteiger partial charge in [0, 0.05) is 9.17 Å². The zero-order chi connectivity index (χ0) is 10.1. The second kappa shape index (κ2) is 3.72. The van der Waals surface area contributed by atoms with Crippen molar-refractivity contribution in [3.8, 4) is 6.07 Å². The molecule has 1 aromatic heterocycles. The lowest BCUT2D eigenvalue weighted by Gasteiger charge is -1.97. The first-order valence-electron chi connectivity index (χ1n) is 4.36. The first-order chi connectivity index (χ1) is 6.76. The number of nitriles is 1. The van der Waals surface area contributed by atoms with E-state index >= 15 is 0 Å². The molecule has 2 aromatic rings. The van der Waals surface area contributed by atoms with Crippen LogP contribution in [0.15, 0.2) is 22.0 Å². The summed E-state index contributed by atoms with van der Waals surface area (Å²) >= 11 is 5.13. The lowest BCUT2D eigenvalue weighted by Crippen LogP contribution is -1.80. The van der Waals surface area contributed by atoms with E-state index in [1.54, 1.807) is 11.3 Å². The van der Waals surface area contributed by atoms with Crippen molar-refractivity contribution in [1.82, 2.24) is 0 Å². The summed E-state index contributed by atoms with van der Waals surface area (Å²) in [5.74, 6) is 0. The summed E-state index contributed by atoms with van der Waals surface area (Å²) in [6, 6.07) is 6.18. The van der Waals surface area contributed by atoms with Crippen LogP contribution in [0.1, 0.15) is 18.1 Å². The molecule has 0 saturated carbocycles. The molecule has 70 valence electrons. The largest absolute Gasteiger partial charge is 0.192 e. The lowest BCUT2D eigenvalue weighted by molar-refractivity contribution is 1.17. The number of hydrogen-bond acceptors (Lipinski definition) is 2. The molecule has 1 nitrogen and oxygen atoms in total. The van der Waals surface area contributed by atoms with Crippen LogP contribution in [0.4, 0.5) is 0 Å². The van der Waals surface area contributed by atoms with Gasteiger partial charge in [0.15, 0.2) is 0 Å². The molecule has 0 amide bonds. The van der Waals surface area contributed by atoms with Crippen molar-refractivity contribution in [3.05, 3.63) is 33.1 Å². The van der Waals surface area contributed by atoms with Gasteiger partial charge < -0.3 is 0 Å². The highest BCUT2D eigenvalue weighted by molar-refractivity contribution is 9.10. The molecule has 14 heavy (non-hydrogen) atoms. The molecular weight excluding hydrogens is 258 g/mol. The predicted octanol–water partition coefficient (Wildman–Crippen LogP) is 4.10. The quantitative estimate of drug-likeness (QED) is 0.762. The molecule has 1 heterocycles. The molecule has 0 saturated heterocycles. The molecule has 2 rings (SSSR count). The lowest BCUT2D eigenvalue weighted by atomic mass is 10.1. The van der Waals surface area contributed by atoms with Gasteiger partial charge in [0.25, 0.3) is 0 Å². The first kappa shape index (κ1) is 9.70. The normalized spacial score (nSPS) is 10.4. The van der Waals surface area contributed by atoms with E-state index in [1.165, 1.54) is 15.6 Å². The molecule has 0 atom stereocenters. The fraction of sp³-hybridized carbons (Fsp3) is 0.182. The minimum Gasteiger partial charge on any atom is -0.192 e. The van der Waals surface area contributed by atoms with Crippen LogP contribution in [0.2, 0.25) is 0 Å². The number of benzene rings is 1. The Morgan fingerprint density at radius 1 is 1.50 bits per heavy atom. The summed E-state index contributed by atoms with van der Waals surface area (Å²) in [5, 5.41) is 12.3. The van der Waals surface area contributed by atoms with Gasteiger partial charge in [0.1, 0.15) is 6.07 Å². The standard InChI is InChI=1S/C11H8BrNS/c1-2-7-6-14-11-4-10(12)8(5-13)3-9(7)11/h3-4,6H,2H2,1H3. The summed E-state index contributed by atoms with van der Waals surface area (Å²) in [7, 11) is 0. The zero-order valence-electron chi connectivity index (χ0n) is 7.67. The van der Waals surface area contributed by atoms with Gasteiger partial charge >= 0.3 is 0 Å². The van der Waals surface area contributed by atoms with Crippen molar-refractivity contribution in [2.45, 2.75) is 13.3 Å². The summed E-state index contributed by atoms with van der Waals surface area (Å²) < 4.78 is 2.13. The number of rotatable bonds is 1. The average Bonchev–Trinajstić information content (AvgIpc) is 2.58. The number of thiophene rings is 1. The Labute approximate surface area is 95.1 Å². The van der Waals surface area contributed by atoms with Crippen molar-refractivity contribution in [1.29, 1.82) is 5.26 Å². The molecule has 0 N–H and O–H groups in total. The molecule has 0 fully saturated rings. The van der Waals surface area contributed by atoms with Gasteiger partial charge in [-0.25, -0.2) is 0 Å². The summed E-state index contributed by atoms with van der Waals surface area (Å²) in [6.45, 7) is 2.13. The molecule has 0 aliphatic heterocycles. The first-order valence-corrected chi connectivity index (χ1v) is 6.03. The molecule has 0 aliphatic rings. The van der Waals surface area contributed by atoms with E-state index in [1.807, 2.05) is 12.1 Å². The average molecular weight is 266 g/mol. The van der Waals surface area contributed by atoms with Crippen molar-refractivity contribution in [2.24, 2.45) is 0 Å². The van der Waals surface area contributed by atoms with E-state index in [0.29, 0.717) is 5.56 Å². The molecule has 0 spiro atoms. The van der Waals surface area contributed by atoms with Crippen LogP contribution in [-0.2, 0) is 6.42 Å². The van der Waals surface area contributed by atoms with Crippen LogP contribution in [0.3, 0.4) is 0 Å². The van der Waals surface area contributed by atoms with Gasteiger partial charge in [-0.15, -0.1) is 11.3 Å². The van der Waals surface area contributed by atoms with Crippen LogP contribution in [0.25, 0.3) is 10.1 Å². The van der Waals surface area contributed by atoms with Gasteiger partial charge in [-0.05, 0) is 50.8 Å². The van der Waals surface area contributed by atoms with Crippen LogP contribution in [-0.4, -0.2) is 0 Å². The Hall–Kier alpha value is -0.850. The SMILES string of the molecule is CCc1csc2cc(Br)c(C#N)cc12. The number of nitrogens with zero attached hydrogens (tertiary/aromatic N) is 1. The molecule has 1 aromatic carbocycles. The van der Waals surface area contributed by atoms with Crippen molar-refractivity contribution in [3.63, 3.8) is 0 Å². The van der Waals surface area contributed by atoms with Crippen LogP contribution >= 0.6 is 27.3 Å². The fourth-order valence-electron chi connectivity index (χ4n) is 1.46. The smallest absolute Gasteiger partial charge is 0.100 e. The molecular formula is C11H8BrNS. The topological polar surface area (TPSA) is 23.8 Å². The minimum atomic E-state index is 0.714. The zero-order valence-corrected chi connectivity index (χ0v) is 10.1. The summed E-state index contributed by atoms with van der Waals surface area (Å²) in [5.41, 5.74) is 2.04. The third-order valence-electron chi connectivity index (χ3n) is 2.24. The summed E-state index contributed by atoms with van der Waals surface area (Å²) in [6.07, 6.45) is 1.02. The third kappa shape index (κ3) is 1.45. The van der Waals surface area contributed by atoms with Crippen molar-refractivity contribution in [2.75, 3.05) is 0 Å². The van der Waals surface area contributed by atoms with E-state index in [2.05, 4.69) is 34.3 Å². The monoisotopic (exact) mass is 265 g/mol. The second-order valence-electron chi connectivity index (χ2n) is 3.05. The number of fused-ring (bicyclic) bond motifs is 1. The number of aryl methyl sites for hydroxylation is 1. The highest BCUT2D eigenvalue weighted by atomic mass is 79.9. The van der Waals surface area contributed by atoms with Gasteiger partial charge in [-0.2, -0.15) is 5.26 Å². The Morgan fingerprint density at radius 3 is 2.93 bits per heavy atom. The van der Waals surface area contributed by atoms with Gasteiger partial charge in [-0.1, -0.05) is 6.92 Å². The van der Waals surface area contributed by atoms with Crippen molar-refractivity contribution >= 4 is 37.4 Å². The fourth-order valence-corrected chi connectivity index (χ4v) is 3.11. The van der Waals surface area contributed by atoms with Gasteiger partial charge in [0.05, 0.1) is 5.56 Å². The highest BCUT2D eigenvalue weighted by Crippen LogP contribution is 2.31. The number of halogens is 1. The molecule has 3 heteroatoms. The van der Waals surface area contributed by atoms with Crippen LogP contribution in [0, 0.1) is 11.3 Å². The minimum absolute atomic E-state index is 0.714. The Morgan fingerprint density at radius 2 is 2.29 bits per heavy atom. The van der Waals surface area contributed by atoms with Gasteiger partial charge in [0.2, 0.25) is 0 Å². The predicted molar refractivity (Wildman–Crippen MR) is 63.6 cm³/mol. The Kier molecular flexibility index (Phi) is 2.58. The maximum atomic E-state index is 8.90. The van der Waals surface area contributed by atoms with Gasteiger partial charge in [-0.3, -0.25) is 0 Å². The van der Waals surface area contributed by atoms with E-state index in [-0.39, 0.29) is 0 Å². The second-order valence-corrected chi connectivity index (χ2v) is 4.82. The van der Waals surface area contributed by atoms with Crippen molar-refractivity contribution < 1.29 is 0 Å². The van der Waals surface area contributed by atoms with Crippen LogP contribution in [0.5, 0.6) is 0 Å². The molecule has 0 radical (unpaired) electrons. The molecule has 0 bridgehead atoms. The van der Waals surface area contributed by atoms with E-state index in [4.69, 9.17) is 5.26 Å². The number of hydrogen-bond donors (Lipinski definition) is 0. The maximum absolute atomic E-state index is 8.90. The van der Waals surface area contributed by atoms with Crippen LogP contribution < -0.4 is 0 Å². The third-order valence-corrected chi connectivity index (χ3v) is 3.89. The van der Waals surface area contributed by atoms with E-state index < -0.39 is 0 Å². The van der Waals surface area contributed by atoms with E-state index in [0.717, 1.165) is 10.9 Å². The molecule has 0 aliphatic carbocycles. The maximum Gasteiger partial charge on any atom is 0.100 e. The Bertz CT molecular complexity index is 522.